The number of ether oxygens (including phenoxy) is 1. The summed E-state index contributed by atoms with van der Waals surface area (Å²) in [5, 5.41) is 6.73. The van der Waals surface area contributed by atoms with Gasteiger partial charge < -0.3 is 15.4 Å². The maximum atomic E-state index is 5.50. The van der Waals surface area contributed by atoms with Crippen LogP contribution in [-0.2, 0) is 4.74 Å². The highest BCUT2D eigenvalue weighted by Crippen LogP contribution is 2.10. The molecule has 1 aliphatic rings. The molecule has 1 heterocycles. The minimum Gasteiger partial charge on any atom is -0.377 e. The van der Waals surface area contributed by atoms with E-state index in [0.29, 0.717) is 6.10 Å². The largest absolute Gasteiger partial charge is 0.377 e. The Balaban J connectivity index is 1.78. The lowest BCUT2D eigenvalue weighted by Gasteiger charge is -2.10. The highest BCUT2D eigenvalue weighted by Gasteiger charge is 2.13. The molecule has 0 aromatic carbocycles. The van der Waals surface area contributed by atoms with Gasteiger partial charge >= 0.3 is 0 Å². The van der Waals surface area contributed by atoms with E-state index < -0.39 is 0 Å². The topological polar surface area (TPSA) is 33.3 Å². The van der Waals surface area contributed by atoms with Gasteiger partial charge in [0.1, 0.15) is 0 Å². The van der Waals surface area contributed by atoms with Gasteiger partial charge in [-0.2, -0.15) is 0 Å². The molecule has 0 spiro atoms. The van der Waals surface area contributed by atoms with Crippen LogP contribution in [0.4, 0.5) is 0 Å². The summed E-state index contributed by atoms with van der Waals surface area (Å²) in [7, 11) is 0. The molecule has 13 heavy (non-hydrogen) atoms. The summed E-state index contributed by atoms with van der Waals surface area (Å²) in [6, 6.07) is 0. The second kappa shape index (κ2) is 7.30. The van der Waals surface area contributed by atoms with E-state index in [9.17, 15) is 0 Å². The lowest BCUT2D eigenvalue weighted by molar-refractivity contribution is 0.110. The van der Waals surface area contributed by atoms with E-state index in [1.54, 1.807) is 0 Å². The Morgan fingerprint density at radius 1 is 1.31 bits per heavy atom. The van der Waals surface area contributed by atoms with Gasteiger partial charge in [0.05, 0.1) is 6.10 Å². The maximum absolute atomic E-state index is 5.50. The maximum Gasteiger partial charge on any atom is 0.0700 e. The van der Waals surface area contributed by atoms with Crippen molar-refractivity contribution in [1.29, 1.82) is 0 Å². The van der Waals surface area contributed by atoms with Crippen LogP contribution in [0.2, 0.25) is 0 Å². The van der Waals surface area contributed by atoms with E-state index in [4.69, 9.17) is 4.74 Å². The molecule has 0 amide bonds. The van der Waals surface area contributed by atoms with Crippen molar-refractivity contribution in [1.82, 2.24) is 10.6 Å². The minimum atomic E-state index is 0.485. The van der Waals surface area contributed by atoms with E-state index in [0.717, 1.165) is 32.8 Å². The van der Waals surface area contributed by atoms with Gasteiger partial charge in [0.25, 0.3) is 0 Å². The molecule has 1 aliphatic heterocycles. The Bertz CT molecular complexity index is 113. The number of nitrogens with one attached hydrogen (secondary N) is 2. The van der Waals surface area contributed by atoms with Crippen molar-refractivity contribution in [2.75, 3.05) is 32.8 Å². The molecule has 1 rings (SSSR count). The molecule has 1 saturated heterocycles. The molecule has 0 saturated carbocycles. The van der Waals surface area contributed by atoms with Crippen LogP contribution < -0.4 is 10.6 Å². The zero-order valence-electron chi connectivity index (χ0n) is 8.64. The second-order valence-corrected chi connectivity index (χ2v) is 3.55. The van der Waals surface area contributed by atoms with Crippen LogP contribution in [0.5, 0.6) is 0 Å². The van der Waals surface area contributed by atoms with Crippen molar-refractivity contribution in [2.24, 2.45) is 0 Å². The first-order valence-corrected chi connectivity index (χ1v) is 5.46. The average molecular weight is 186 g/mol. The van der Waals surface area contributed by atoms with Crippen molar-refractivity contribution < 1.29 is 4.74 Å². The standard InChI is InChI=1S/C10H22N2O/c1-2-11-6-4-7-12-9-10-5-3-8-13-10/h10-12H,2-9H2,1H3/t10-/m0/s1. The molecule has 0 unspecified atom stereocenters. The smallest absolute Gasteiger partial charge is 0.0700 e. The Morgan fingerprint density at radius 2 is 2.15 bits per heavy atom. The van der Waals surface area contributed by atoms with E-state index >= 15 is 0 Å². The molecule has 1 fully saturated rings. The molecular weight excluding hydrogens is 164 g/mol. The quantitative estimate of drug-likeness (QED) is 0.576. The van der Waals surface area contributed by atoms with Crippen LogP contribution in [-0.4, -0.2) is 38.9 Å². The van der Waals surface area contributed by atoms with Gasteiger partial charge in [-0.15, -0.1) is 0 Å². The van der Waals surface area contributed by atoms with Crippen molar-refractivity contribution in [3.63, 3.8) is 0 Å². The third kappa shape index (κ3) is 5.24. The average Bonchev–Trinajstić information content (AvgIpc) is 2.63. The van der Waals surface area contributed by atoms with Gasteiger partial charge in [0.15, 0.2) is 0 Å². The van der Waals surface area contributed by atoms with Gasteiger partial charge in [-0.3, -0.25) is 0 Å². The molecular formula is C10H22N2O. The van der Waals surface area contributed by atoms with Gasteiger partial charge in [-0.05, 0) is 38.9 Å². The number of hydrogen-bond acceptors (Lipinski definition) is 3. The molecule has 0 bridgehead atoms. The van der Waals surface area contributed by atoms with E-state index in [2.05, 4.69) is 17.6 Å². The monoisotopic (exact) mass is 186 g/mol. The van der Waals surface area contributed by atoms with Crippen LogP contribution in [0.3, 0.4) is 0 Å². The fourth-order valence-corrected chi connectivity index (χ4v) is 1.58. The van der Waals surface area contributed by atoms with Crippen LogP contribution in [0.15, 0.2) is 0 Å². The van der Waals surface area contributed by atoms with Crippen LogP contribution in [0.1, 0.15) is 26.2 Å². The summed E-state index contributed by atoms with van der Waals surface area (Å²) in [5.41, 5.74) is 0. The fourth-order valence-electron chi connectivity index (χ4n) is 1.58. The van der Waals surface area contributed by atoms with Crippen LogP contribution in [0, 0.1) is 0 Å². The summed E-state index contributed by atoms with van der Waals surface area (Å²) >= 11 is 0. The fraction of sp³-hybridized carbons (Fsp3) is 1.00. The molecule has 3 heteroatoms. The van der Waals surface area contributed by atoms with Crippen molar-refractivity contribution in [3.8, 4) is 0 Å². The van der Waals surface area contributed by atoms with Crippen LogP contribution >= 0.6 is 0 Å². The zero-order chi connectivity index (χ0) is 9.36. The second-order valence-electron chi connectivity index (χ2n) is 3.55. The molecule has 0 aliphatic carbocycles. The first-order chi connectivity index (χ1) is 6.43. The Hall–Kier alpha value is -0.120. The Labute approximate surface area is 81.2 Å². The summed E-state index contributed by atoms with van der Waals surface area (Å²) in [4.78, 5) is 0. The molecule has 0 aromatic heterocycles. The lowest BCUT2D eigenvalue weighted by atomic mass is 10.2. The Kier molecular flexibility index (Phi) is 6.15. The highest BCUT2D eigenvalue weighted by atomic mass is 16.5. The summed E-state index contributed by atoms with van der Waals surface area (Å²) in [5.74, 6) is 0. The Morgan fingerprint density at radius 3 is 2.85 bits per heavy atom. The predicted molar refractivity (Wildman–Crippen MR) is 55.0 cm³/mol. The summed E-state index contributed by atoms with van der Waals surface area (Å²) < 4.78 is 5.50. The van der Waals surface area contributed by atoms with Gasteiger partial charge in [-0.25, -0.2) is 0 Å². The lowest BCUT2D eigenvalue weighted by Crippen LogP contribution is -2.28. The molecule has 2 N–H and O–H groups in total. The molecule has 0 radical (unpaired) electrons. The van der Waals surface area contributed by atoms with Gasteiger partial charge in [0.2, 0.25) is 0 Å². The highest BCUT2D eigenvalue weighted by molar-refractivity contribution is 4.67. The SMILES string of the molecule is CCNCCCNC[C@@H]1CCCO1. The van der Waals surface area contributed by atoms with Crippen molar-refractivity contribution in [3.05, 3.63) is 0 Å². The van der Waals surface area contributed by atoms with Gasteiger partial charge in [-0.1, -0.05) is 6.92 Å². The molecule has 78 valence electrons. The van der Waals surface area contributed by atoms with Gasteiger partial charge in [0, 0.05) is 13.2 Å². The first-order valence-electron chi connectivity index (χ1n) is 5.46. The summed E-state index contributed by atoms with van der Waals surface area (Å²) in [6.45, 7) is 7.43. The third-order valence-electron chi connectivity index (χ3n) is 2.35. The zero-order valence-corrected chi connectivity index (χ0v) is 8.64. The number of hydrogen-bond donors (Lipinski definition) is 2. The number of rotatable bonds is 7. The predicted octanol–water partition coefficient (Wildman–Crippen LogP) is 0.755. The molecule has 0 aromatic rings. The van der Waals surface area contributed by atoms with Crippen molar-refractivity contribution in [2.45, 2.75) is 32.3 Å². The third-order valence-corrected chi connectivity index (χ3v) is 2.35. The summed E-state index contributed by atoms with van der Waals surface area (Å²) in [6.07, 6.45) is 4.17. The van der Waals surface area contributed by atoms with E-state index in [1.807, 2.05) is 0 Å². The van der Waals surface area contributed by atoms with E-state index in [-0.39, 0.29) is 0 Å². The normalized spacial score (nSPS) is 22.4. The van der Waals surface area contributed by atoms with Crippen molar-refractivity contribution >= 4 is 0 Å². The molecule has 3 nitrogen and oxygen atoms in total. The van der Waals surface area contributed by atoms with Crippen LogP contribution in [0.25, 0.3) is 0 Å². The minimum absolute atomic E-state index is 0.485. The molecule has 1 atom stereocenters. The first kappa shape index (κ1) is 11.0. The van der Waals surface area contributed by atoms with E-state index in [1.165, 1.54) is 19.3 Å².